The molecule has 0 aliphatic carbocycles. The van der Waals surface area contributed by atoms with Crippen LogP contribution in [0.5, 0.6) is 0 Å². The molecule has 0 radical (unpaired) electrons. The summed E-state index contributed by atoms with van der Waals surface area (Å²) in [7, 11) is 0. The normalized spacial score (nSPS) is 12.9. The van der Waals surface area contributed by atoms with Crippen LogP contribution in [-0.2, 0) is 0 Å². The molecule has 0 amide bonds. The fraction of sp³-hybridized carbons (Fsp3) is 0.600. The number of nitrogens with one attached hydrogen (secondary N) is 1. The summed E-state index contributed by atoms with van der Waals surface area (Å²) in [5, 5.41) is 3.59. The second-order valence-electron chi connectivity index (χ2n) is 5.11. The lowest BCUT2D eigenvalue weighted by atomic mass is 10.0. The van der Waals surface area contributed by atoms with Gasteiger partial charge in [-0.25, -0.2) is 0 Å². The van der Waals surface area contributed by atoms with E-state index in [4.69, 9.17) is 0 Å². The predicted octanol–water partition coefficient (Wildman–Crippen LogP) is 4.96. The van der Waals surface area contributed by atoms with Crippen LogP contribution < -0.4 is 5.32 Å². The minimum absolute atomic E-state index is 0.632. The van der Waals surface area contributed by atoms with Crippen LogP contribution in [0.3, 0.4) is 0 Å². The first kappa shape index (κ1) is 16.1. The van der Waals surface area contributed by atoms with Crippen molar-refractivity contribution >= 4 is 27.7 Å². The molecule has 1 N–H and O–H groups in total. The van der Waals surface area contributed by atoms with Crippen molar-refractivity contribution in [3.8, 4) is 0 Å². The maximum Gasteiger partial charge on any atom is 0.0311 e. The van der Waals surface area contributed by atoms with Crippen LogP contribution in [0.25, 0.3) is 0 Å². The van der Waals surface area contributed by atoms with E-state index in [1.54, 1.807) is 0 Å². The third-order valence-electron chi connectivity index (χ3n) is 2.87. The monoisotopic (exact) mass is 329 g/mol. The standard InChI is InChI=1S/C15H24BrNS/c1-12(2)8-9-13(3)17-10-11-18-15-7-5-4-6-14(15)16/h4-7,12-13,17H,8-11H2,1-3H3. The summed E-state index contributed by atoms with van der Waals surface area (Å²) < 4.78 is 1.20. The van der Waals surface area contributed by atoms with Gasteiger partial charge in [0.15, 0.2) is 0 Å². The van der Waals surface area contributed by atoms with Crippen molar-refractivity contribution in [2.24, 2.45) is 5.92 Å². The molecule has 1 atom stereocenters. The molecule has 1 unspecified atom stereocenters. The Hall–Kier alpha value is 0.01000. The zero-order valence-electron chi connectivity index (χ0n) is 11.6. The van der Waals surface area contributed by atoms with Crippen molar-refractivity contribution in [2.75, 3.05) is 12.3 Å². The summed E-state index contributed by atoms with van der Waals surface area (Å²) in [6.45, 7) is 7.93. The molecule has 1 aromatic carbocycles. The van der Waals surface area contributed by atoms with E-state index in [2.05, 4.69) is 66.3 Å². The first-order valence-corrected chi connectivity index (χ1v) is 8.48. The molecule has 0 bridgehead atoms. The van der Waals surface area contributed by atoms with Gasteiger partial charge in [0, 0.05) is 27.7 Å². The molecular formula is C15H24BrNS. The summed E-state index contributed by atoms with van der Waals surface area (Å²) in [6, 6.07) is 9.04. The van der Waals surface area contributed by atoms with Gasteiger partial charge in [-0.3, -0.25) is 0 Å². The summed E-state index contributed by atoms with van der Waals surface area (Å²) in [6.07, 6.45) is 2.59. The van der Waals surface area contributed by atoms with Gasteiger partial charge in [0.1, 0.15) is 0 Å². The highest BCUT2D eigenvalue weighted by molar-refractivity contribution is 9.10. The number of hydrogen-bond donors (Lipinski definition) is 1. The SMILES string of the molecule is CC(C)CCC(C)NCCSc1ccccc1Br. The van der Waals surface area contributed by atoms with E-state index >= 15 is 0 Å². The topological polar surface area (TPSA) is 12.0 Å². The summed E-state index contributed by atoms with van der Waals surface area (Å²) >= 11 is 5.48. The minimum Gasteiger partial charge on any atom is -0.313 e. The lowest BCUT2D eigenvalue weighted by Gasteiger charge is -2.14. The van der Waals surface area contributed by atoms with Crippen LogP contribution in [0.15, 0.2) is 33.6 Å². The maximum absolute atomic E-state index is 3.59. The molecule has 0 aliphatic rings. The molecule has 0 aliphatic heterocycles. The van der Waals surface area contributed by atoms with E-state index < -0.39 is 0 Å². The largest absolute Gasteiger partial charge is 0.313 e. The van der Waals surface area contributed by atoms with Crippen molar-refractivity contribution in [2.45, 2.75) is 44.6 Å². The molecule has 18 heavy (non-hydrogen) atoms. The number of benzene rings is 1. The van der Waals surface area contributed by atoms with Gasteiger partial charge in [-0.15, -0.1) is 11.8 Å². The maximum atomic E-state index is 3.59. The Morgan fingerprint density at radius 1 is 1.17 bits per heavy atom. The molecule has 1 rings (SSSR count). The van der Waals surface area contributed by atoms with Gasteiger partial charge in [0.2, 0.25) is 0 Å². The minimum atomic E-state index is 0.632. The van der Waals surface area contributed by atoms with Crippen molar-refractivity contribution in [1.29, 1.82) is 0 Å². The number of rotatable bonds is 8. The molecule has 3 heteroatoms. The lowest BCUT2D eigenvalue weighted by Crippen LogP contribution is -2.28. The van der Waals surface area contributed by atoms with E-state index in [-0.39, 0.29) is 0 Å². The van der Waals surface area contributed by atoms with Gasteiger partial charge < -0.3 is 5.32 Å². The second kappa shape index (κ2) is 9.00. The fourth-order valence-electron chi connectivity index (χ4n) is 1.71. The van der Waals surface area contributed by atoms with Crippen LogP contribution in [0.4, 0.5) is 0 Å². The average molecular weight is 330 g/mol. The zero-order chi connectivity index (χ0) is 13.4. The molecule has 0 saturated heterocycles. The fourth-order valence-corrected chi connectivity index (χ4v) is 3.16. The van der Waals surface area contributed by atoms with Crippen molar-refractivity contribution < 1.29 is 0 Å². The third kappa shape index (κ3) is 6.81. The van der Waals surface area contributed by atoms with Crippen LogP contribution in [0, 0.1) is 5.92 Å². The summed E-state index contributed by atoms with van der Waals surface area (Å²) in [5.74, 6) is 1.93. The highest BCUT2D eigenvalue weighted by Crippen LogP contribution is 2.26. The molecule has 1 nitrogen and oxygen atoms in total. The zero-order valence-corrected chi connectivity index (χ0v) is 14.0. The van der Waals surface area contributed by atoms with Gasteiger partial charge in [0.05, 0.1) is 0 Å². The highest BCUT2D eigenvalue weighted by atomic mass is 79.9. The third-order valence-corrected chi connectivity index (χ3v) is 4.90. The Balaban J connectivity index is 2.13. The summed E-state index contributed by atoms with van der Waals surface area (Å²) in [5.41, 5.74) is 0. The number of halogens is 1. The van der Waals surface area contributed by atoms with Gasteiger partial charge in [-0.05, 0) is 53.7 Å². The molecule has 0 spiro atoms. The quantitative estimate of drug-likeness (QED) is 0.534. The Labute approximate surface area is 124 Å². The lowest BCUT2D eigenvalue weighted by molar-refractivity contribution is 0.460. The van der Waals surface area contributed by atoms with Crippen LogP contribution in [-0.4, -0.2) is 18.3 Å². The molecule has 0 fully saturated rings. The first-order chi connectivity index (χ1) is 8.59. The van der Waals surface area contributed by atoms with Gasteiger partial charge in [0.25, 0.3) is 0 Å². The van der Waals surface area contributed by atoms with Crippen molar-refractivity contribution in [3.63, 3.8) is 0 Å². The Bertz CT molecular complexity index is 341. The molecule has 0 aromatic heterocycles. The number of thioether (sulfide) groups is 1. The molecule has 1 aromatic rings. The molecule has 102 valence electrons. The van der Waals surface area contributed by atoms with E-state index in [9.17, 15) is 0 Å². The first-order valence-electron chi connectivity index (χ1n) is 6.70. The van der Waals surface area contributed by atoms with Crippen molar-refractivity contribution in [3.05, 3.63) is 28.7 Å². The second-order valence-corrected chi connectivity index (χ2v) is 7.10. The van der Waals surface area contributed by atoms with E-state index in [1.807, 2.05) is 11.8 Å². The van der Waals surface area contributed by atoms with E-state index in [0.29, 0.717) is 6.04 Å². The van der Waals surface area contributed by atoms with E-state index in [0.717, 1.165) is 18.2 Å². The average Bonchev–Trinajstić information content (AvgIpc) is 2.34. The molecule has 0 heterocycles. The summed E-state index contributed by atoms with van der Waals surface area (Å²) in [4.78, 5) is 1.33. The van der Waals surface area contributed by atoms with Gasteiger partial charge in [-0.1, -0.05) is 26.0 Å². The van der Waals surface area contributed by atoms with Gasteiger partial charge >= 0.3 is 0 Å². The smallest absolute Gasteiger partial charge is 0.0311 e. The van der Waals surface area contributed by atoms with E-state index in [1.165, 1.54) is 22.2 Å². The molecule has 0 saturated carbocycles. The molecular weight excluding hydrogens is 306 g/mol. The van der Waals surface area contributed by atoms with Crippen molar-refractivity contribution in [1.82, 2.24) is 5.32 Å². The van der Waals surface area contributed by atoms with Crippen LogP contribution in [0.2, 0.25) is 0 Å². The van der Waals surface area contributed by atoms with Crippen LogP contribution in [0.1, 0.15) is 33.6 Å². The van der Waals surface area contributed by atoms with Crippen LogP contribution >= 0.6 is 27.7 Å². The Kier molecular flexibility index (Phi) is 8.03. The Morgan fingerprint density at radius 2 is 1.89 bits per heavy atom. The predicted molar refractivity (Wildman–Crippen MR) is 86.4 cm³/mol. The Morgan fingerprint density at radius 3 is 2.56 bits per heavy atom. The van der Waals surface area contributed by atoms with Gasteiger partial charge in [-0.2, -0.15) is 0 Å². The number of hydrogen-bond acceptors (Lipinski definition) is 2. The highest BCUT2D eigenvalue weighted by Gasteiger charge is 2.03.